The van der Waals surface area contributed by atoms with Crippen molar-refractivity contribution in [3.8, 4) is 0 Å². The molecule has 0 spiro atoms. The van der Waals surface area contributed by atoms with Crippen LogP contribution >= 0.6 is 27.7 Å². The van der Waals surface area contributed by atoms with Crippen molar-refractivity contribution in [1.82, 2.24) is 8.91 Å². The van der Waals surface area contributed by atoms with E-state index in [1.165, 1.54) is 11.1 Å². The second-order valence-electron chi connectivity index (χ2n) is 3.10. The molecule has 7 heteroatoms. The first-order valence-corrected chi connectivity index (χ1v) is 5.44. The van der Waals surface area contributed by atoms with Gasteiger partial charge in [-0.25, -0.2) is 9.78 Å². The standard InChI is InChI=1S/C9H7BrClN3O2/c10-13-4-7(9(15)16)14(5-13)8-6(11)2-1-3-12-8/h1-4H,5H2,(H,15,16). The molecule has 0 aromatic carbocycles. The maximum Gasteiger partial charge on any atom is 0.354 e. The number of carboxylic acid groups (broad SMARTS) is 1. The normalized spacial score (nSPS) is 15.2. The van der Waals surface area contributed by atoms with Gasteiger partial charge in [0.2, 0.25) is 0 Å². The Bertz CT molecular complexity index is 466. The predicted molar refractivity (Wildman–Crippen MR) is 63.1 cm³/mol. The number of aliphatic carboxylic acids is 1. The lowest BCUT2D eigenvalue weighted by Crippen LogP contribution is -2.27. The van der Waals surface area contributed by atoms with Crippen molar-refractivity contribution < 1.29 is 9.90 Å². The smallest absolute Gasteiger partial charge is 0.354 e. The summed E-state index contributed by atoms with van der Waals surface area (Å²) in [5.74, 6) is -0.594. The molecular formula is C9H7BrClN3O2. The molecule has 0 radical (unpaired) electrons. The van der Waals surface area contributed by atoms with E-state index < -0.39 is 5.97 Å². The number of pyridine rings is 1. The molecule has 2 heterocycles. The third-order valence-electron chi connectivity index (χ3n) is 2.04. The molecule has 1 aliphatic heterocycles. The number of anilines is 1. The number of carboxylic acids is 1. The molecule has 0 saturated carbocycles. The highest BCUT2D eigenvalue weighted by atomic mass is 79.9. The van der Waals surface area contributed by atoms with Crippen LogP contribution < -0.4 is 4.90 Å². The number of carbonyl (C=O) groups is 1. The van der Waals surface area contributed by atoms with Crippen molar-refractivity contribution in [1.29, 1.82) is 0 Å². The molecule has 2 rings (SSSR count). The molecular weight excluding hydrogens is 297 g/mol. The molecule has 5 nitrogen and oxygen atoms in total. The maximum atomic E-state index is 11.0. The van der Waals surface area contributed by atoms with Gasteiger partial charge in [-0.1, -0.05) is 11.6 Å². The van der Waals surface area contributed by atoms with E-state index in [1.54, 1.807) is 22.3 Å². The first-order valence-electron chi connectivity index (χ1n) is 4.35. The van der Waals surface area contributed by atoms with Gasteiger partial charge in [0.1, 0.15) is 12.4 Å². The van der Waals surface area contributed by atoms with E-state index in [9.17, 15) is 4.79 Å². The molecule has 16 heavy (non-hydrogen) atoms. The molecule has 0 saturated heterocycles. The fourth-order valence-electron chi connectivity index (χ4n) is 1.38. The Kier molecular flexibility index (Phi) is 3.02. The molecule has 0 amide bonds. The van der Waals surface area contributed by atoms with Gasteiger partial charge in [-0.2, -0.15) is 0 Å². The summed E-state index contributed by atoms with van der Waals surface area (Å²) in [6.45, 7) is 0.346. The van der Waals surface area contributed by atoms with Gasteiger partial charge >= 0.3 is 5.97 Å². The highest BCUT2D eigenvalue weighted by Gasteiger charge is 2.28. The Hall–Kier alpha value is -1.27. The van der Waals surface area contributed by atoms with Gasteiger partial charge in [-0.15, -0.1) is 0 Å². The average Bonchev–Trinajstić information content (AvgIpc) is 2.61. The molecule has 1 aromatic heterocycles. The van der Waals surface area contributed by atoms with E-state index in [2.05, 4.69) is 21.1 Å². The van der Waals surface area contributed by atoms with Crippen LogP contribution in [0.25, 0.3) is 0 Å². The van der Waals surface area contributed by atoms with Crippen molar-refractivity contribution in [3.63, 3.8) is 0 Å². The van der Waals surface area contributed by atoms with Crippen LogP contribution in [0.4, 0.5) is 5.82 Å². The predicted octanol–water partition coefficient (Wildman–Crippen LogP) is 2.05. The second-order valence-corrected chi connectivity index (χ2v) is 4.42. The quantitative estimate of drug-likeness (QED) is 0.848. The molecule has 0 aliphatic carbocycles. The first kappa shape index (κ1) is 11.2. The van der Waals surface area contributed by atoms with Crippen LogP contribution in [-0.2, 0) is 4.79 Å². The summed E-state index contributed by atoms with van der Waals surface area (Å²) < 4.78 is 1.57. The molecule has 0 atom stereocenters. The van der Waals surface area contributed by atoms with Crippen molar-refractivity contribution in [2.45, 2.75) is 0 Å². The summed E-state index contributed by atoms with van der Waals surface area (Å²) >= 11 is 9.15. The first-order chi connectivity index (χ1) is 7.59. The van der Waals surface area contributed by atoms with Crippen molar-refractivity contribution in [2.75, 3.05) is 11.6 Å². The van der Waals surface area contributed by atoms with Gasteiger partial charge in [0, 0.05) is 12.4 Å². The summed E-state index contributed by atoms with van der Waals surface area (Å²) in [5, 5.41) is 9.44. The van der Waals surface area contributed by atoms with E-state index in [0.29, 0.717) is 17.5 Å². The molecule has 1 aliphatic rings. The van der Waals surface area contributed by atoms with Crippen LogP contribution in [0.2, 0.25) is 5.02 Å². The van der Waals surface area contributed by atoms with Crippen LogP contribution in [0.15, 0.2) is 30.2 Å². The Labute approximate surface area is 105 Å². The van der Waals surface area contributed by atoms with Gasteiger partial charge < -0.3 is 5.11 Å². The van der Waals surface area contributed by atoms with Crippen LogP contribution in [-0.4, -0.2) is 26.7 Å². The van der Waals surface area contributed by atoms with Crippen LogP contribution in [0.1, 0.15) is 0 Å². The van der Waals surface area contributed by atoms with Crippen LogP contribution in [0, 0.1) is 0 Å². The summed E-state index contributed by atoms with van der Waals surface area (Å²) in [7, 11) is 0. The second kappa shape index (κ2) is 4.31. The SMILES string of the molecule is O=C(O)C1=CN(Br)CN1c1ncccc1Cl. The average molecular weight is 305 g/mol. The number of nitrogens with zero attached hydrogens (tertiary/aromatic N) is 3. The van der Waals surface area contributed by atoms with Gasteiger partial charge in [0.15, 0.2) is 5.82 Å². The lowest BCUT2D eigenvalue weighted by Gasteiger charge is -2.19. The summed E-state index contributed by atoms with van der Waals surface area (Å²) in [4.78, 5) is 16.6. The fraction of sp³-hybridized carbons (Fsp3) is 0.111. The third kappa shape index (κ3) is 1.98. The van der Waals surface area contributed by atoms with Crippen LogP contribution in [0.5, 0.6) is 0 Å². The molecule has 0 bridgehead atoms. The lowest BCUT2D eigenvalue weighted by molar-refractivity contribution is -0.132. The van der Waals surface area contributed by atoms with E-state index in [4.69, 9.17) is 16.7 Å². The molecule has 0 unspecified atom stereocenters. The number of hydrogen-bond donors (Lipinski definition) is 1. The van der Waals surface area contributed by atoms with Gasteiger partial charge in [0.05, 0.1) is 21.2 Å². The summed E-state index contributed by atoms with van der Waals surface area (Å²) in [5.41, 5.74) is 0.123. The Morgan fingerprint density at radius 1 is 1.62 bits per heavy atom. The maximum absolute atomic E-state index is 11.0. The van der Waals surface area contributed by atoms with Gasteiger partial charge in [-0.3, -0.25) is 8.83 Å². The monoisotopic (exact) mass is 303 g/mol. The van der Waals surface area contributed by atoms with E-state index in [1.807, 2.05) is 0 Å². The Morgan fingerprint density at radius 2 is 2.38 bits per heavy atom. The van der Waals surface area contributed by atoms with Crippen molar-refractivity contribution in [2.24, 2.45) is 0 Å². The van der Waals surface area contributed by atoms with Crippen molar-refractivity contribution >= 4 is 39.5 Å². The highest BCUT2D eigenvalue weighted by molar-refractivity contribution is 9.07. The van der Waals surface area contributed by atoms with Crippen LogP contribution in [0.3, 0.4) is 0 Å². The third-order valence-corrected chi connectivity index (χ3v) is 2.77. The largest absolute Gasteiger partial charge is 0.477 e. The number of aromatic nitrogens is 1. The van der Waals surface area contributed by atoms with Gasteiger partial charge in [0.25, 0.3) is 0 Å². The number of rotatable bonds is 2. The zero-order valence-corrected chi connectivity index (χ0v) is 10.3. The Balaban J connectivity index is 2.39. The fourth-order valence-corrected chi connectivity index (χ4v) is 2.02. The molecule has 84 valence electrons. The zero-order chi connectivity index (χ0) is 11.7. The van der Waals surface area contributed by atoms with Crippen molar-refractivity contribution in [3.05, 3.63) is 35.2 Å². The van der Waals surface area contributed by atoms with E-state index in [0.717, 1.165) is 0 Å². The summed E-state index contributed by atoms with van der Waals surface area (Å²) in [6.07, 6.45) is 3.03. The lowest BCUT2D eigenvalue weighted by atomic mass is 10.4. The minimum Gasteiger partial charge on any atom is -0.477 e. The molecule has 1 aromatic rings. The number of hydrogen-bond acceptors (Lipinski definition) is 4. The van der Waals surface area contributed by atoms with E-state index >= 15 is 0 Å². The minimum atomic E-state index is -1.02. The number of halogens is 2. The highest BCUT2D eigenvalue weighted by Crippen LogP contribution is 2.30. The molecule has 0 fully saturated rings. The topological polar surface area (TPSA) is 56.7 Å². The molecule has 1 N–H and O–H groups in total. The van der Waals surface area contributed by atoms with E-state index in [-0.39, 0.29) is 5.70 Å². The zero-order valence-electron chi connectivity index (χ0n) is 7.97. The Morgan fingerprint density at radius 3 is 3.00 bits per heavy atom. The van der Waals surface area contributed by atoms with Gasteiger partial charge in [-0.05, 0) is 12.1 Å². The summed E-state index contributed by atoms with van der Waals surface area (Å²) in [6, 6.07) is 3.36. The minimum absolute atomic E-state index is 0.123.